The van der Waals surface area contributed by atoms with E-state index in [0.29, 0.717) is 0 Å². The fraction of sp³-hybridized carbons (Fsp3) is 0.250. The van der Waals surface area contributed by atoms with E-state index >= 15 is 0 Å². The first-order valence-corrected chi connectivity index (χ1v) is 6.81. The van der Waals surface area contributed by atoms with Gasteiger partial charge < -0.3 is 5.73 Å². The summed E-state index contributed by atoms with van der Waals surface area (Å²) in [5.74, 6) is 0. The maximum atomic E-state index is 5.94. The lowest BCUT2D eigenvalue weighted by atomic mass is 10.1. The number of hydrogen-bond donors (Lipinski definition) is 1. The van der Waals surface area contributed by atoms with Crippen molar-refractivity contribution in [3.63, 3.8) is 0 Å². The summed E-state index contributed by atoms with van der Waals surface area (Å²) in [5, 5.41) is 2.07. The average Bonchev–Trinajstić information content (AvgIpc) is 2.64. The minimum atomic E-state index is 0.0600. The zero-order chi connectivity index (χ0) is 11.5. The molecule has 4 heteroatoms. The molecule has 2 aromatic rings. The van der Waals surface area contributed by atoms with Crippen LogP contribution in [0.3, 0.4) is 0 Å². The highest BCUT2D eigenvalue weighted by Gasteiger charge is 2.09. The summed E-state index contributed by atoms with van der Waals surface area (Å²) >= 11 is 3.37. The van der Waals surface area contributed by atoms with Gasteiger partial charge in [-0.15, -0.1) is 11.3 Å². The number of hydrogen-bond acceptors (Lipinski definition) is 4. The Morgan fingerprint density at radius 1 is 1.38 bits per heavy atom. The largest absolute Gasteiger partial charge is 0.324 e. The Labute approximate surface area is 104 Å². The summed E-state index contributed by atoms with van der Waals surface area (Å²) < 4.78 is 1.07. The number of benzene rings is 1. The van der Waals surface area contributed by atoms with Crippen LogP contribution in [0.5, 0.6) is 0 Å². The van der Waals surface area contributed by atoms with E-state index < -0.39 is 0 Å². The quantitative estimate of drug-likeness (QED) is 0.904. The second-order valence-electron chi connectivity index (χ2n) is 3.68. The van der Waals surface area contributed by atoms with Crippen molar-refractivity contribution in [2.24, 2.45) is 5.73 Å². The summed E-state index contributed by atoms with van der Waals surface area (Å²) in [6.45, 7) is 4.02. The van der Waals surface area contributed by atoms with Gasteiger partial charge in [0.25, 0.3) is 0 Å². The van der Waals surface area contributed by atoms with Crippen molar-refractivity contribution in [3.8, 4) is 0 Å². The SMILES string of the molecule is Cc1csc(Sc2ccccc2[C@H](C)N)n1. The zero-order valence-electron chi connectivity index (χ0n) is 9.31. The summed E-state index contributed by atoms with van der Waals surface area (Å²) in [4.78, 5) is 5.65. The Kier molecular flexibility index (Phi) is 3.63. The molecular formula is C12H14N2S2. The number of aromatic nitrogens is 1. The number of nitrogens with two attached hydrogens (primary N) is 1. The van der Waals surface area contributed by atoms with Crippen molar-refractivity contribution in [2.75, 3.05) is 0 Å². The third-order valence-corrected chi connectivity index (χ3v) is 4.35. The maximum Gasteiger partial charge on any atom is 0.154 e. The average molecular weight is 250 g/mol. The van der Waals surface area contributed by atoms with E-state index in [-0.39, 0.29) is 6.04 Å². The molecule has 0 unspecified atom stereocenters. The molecule has 0 aliphatic carbocycles. The first-order chi connectivity index (χ1) is 7.66. The summed E-state index contributed by atoms with van der Waals surface area (Å²) in [6, 6.07) is 8.29. The van der Waals surface area contributed by atoms with E-state index in [1.54, 1.807) is 23.1 Å². The number of rotatable bonds is 3. The molecule has 0 saturated carbocycles. The van der Waals surface area contributed by atoms with Gasteiger partial charge in [0.2, 0.25) is 0 Å². The van der Waals surface area contributed by atoms with Gasteiger partial charge in [0.15, 0.2) is 4.34 Å². The van der Waals surface area contributed by atoms with E-state index in [9.17, 15) is 0 Å². The van der Waals surface area contributed by atoms with Crippen LogP contribution in [0.25, 0.3) is 0 Å². The van der Waals surface area contributed by atoms with Crippen molar-refractivity contribution in [3.05, 3.63) is 40.9 Å². The molecule has 16 heavy (non-hydrogen) atoms. The van der Waals surface area contributed by atoms with Crippen LogP contribution in [0.4, 0.5) is 0 Å². The van der Waals surface area contributed by atoms with E-state index in [1.165, 1.54) is 10.5 Å². The molecule has 1 heterocycles. The van der Waals surface area contributed by atoms with Crippen molar-refractivity contribution >= 4 is 23.1 Å². The smallest absolute Gasteiger partial charge is 0.154 e. The Hall–Kier alpha value is -0.840. The van der Waals surface area contributed by atoms with Gasteiger partial charge in [0.1, 0.15) is 0 Å². The van der Waals surface area contributed by atoms with Gasteiger partial charge in [-0.3, -0.25) is 0 Å². The van der Waals surface area contributed by atoms with E-state index in [1.807, 2.05) is 26.0 Å². The first-order valence-electron chi connectivity index (χ1n) is 5.11. The Morgan fingerprint density at radius 2 is 2.12 bits per heavy atom. The van der Waals surface area contributed by atoms with Crippen LogP contribution in [0.2, 0.25) is 0 Å². The third kappa shape index (κ3) is 2.64. The van der Waals surface area contributed by atoms with Crippen LogP contribution in [0, 0.1) is 6.92 Å². The summed E-state index contributed by atoms with van der Waals surface area (Å²) in [7, 11) is 0. The first kappa shape index (κ1) is 11.6. The predicted molar refractivity (Wildman–Crippen MR) is 70.0 cm³/mol. The number of nitrogens with zero attached hydrogens (tertiary/aromatic N) is 1. The molecule has 1 aromatic heterocycles. The van der Waals surface area contributed by atoms with Crippen LogP contribution in [0.1, 0.15) is 24.2 Å². The normalized spacial score (nSPS) is 12.7. The van der Waals surface area contributed by atoms with Crippen LogP contribution in [0.15, 0.2) is 38.9 Å². The number of thiazole rings is 1. The van der Waals surface area contributed by atoms with Crippen LogP contribution >= 0.6 is 23.1 Å². The van der Waals surface area contributed by atoms with E-state index in [0.717, 1.165) is 10.0 Å². The highest BCUT2D eigenvalue weighted by Crippen LogP contribution is 2.34. The summed E-state index contributed by atoms with van der Waals surface area (Å²) in [5.41, 5.74) is 8.20. The van der Waals surface area contributed by atoms with Gasteiger partial charge >= 0.3 is 0 Å². The van der Waals surface area contributed by atoms with Crippen molar-refractivity contribution in [1.82, 2.24) is 4.98 Å². The molecule has 0 bridgehead atoms. The number of aryl methyl sites for hydroxylation is 1. The lowest BCUT2D eigenvalue weighted by Gasteiger charge is -2.10. The van der Waals surface area contributed by atoms with Gasteiger partial charge in [-0.2, -0.15) is 0 Å². The van der Waals surface area contributed by atoms with Gasteiger partial charge in [-0.1, -0.05) is 30.0 Å². The monoisotopic (exact) mass is 250 g/mol. The molecule has 2 N–H and O–H groups in total. The minimum absolute atomic E-state index is 0.0600. The molecule has 1 atom stereocenters. The van der Waals surface area contributed by atoms with Gasteiger partial charge in [-0.25, -0.2) is 4.98 Å². The topological polar surface area (TPSA) is 38.9 Å². The van der Waals surface area contributed by atoms with Gasteiger partial charge in [0, 0.05) is 22.0 Å². The Morgan fingerprint density at radius 3 is 2.75 bits per heavy atom. The van der Waals surface area contributed by atoms with E-state index in [2.05, 4.69) is 22.5 Å². The molecule has 0 radical (unpaired) electrons. The van der Waals surface area contributed by atoms with Crippen LogP contribution in [-0.4, -0.2) is 4.98 Å². The van der Waals surface area contributed by atoms with Crippen molar-refractivity contribution in [1.29, 1.82) is 0 Å². The summed E-state index contributed by atoms with van der Waals surface area (Å²) in [6.07, 6.45) is 0. The fourth-order valence-electron chi connectivity index (χ4n) is 1.42. The fourth-order valence-corrected chi connectivity index (χ4v) is 3.45. The molecule has 0 aliphatic heterocycles. The van der Waals surface area contributed by atoms with Gasteiger partial charge in [-0.05, 0) is 25.5 Å². The van der Waals surface area contributed by atoms with Crippen LogP contribution in [-0.2, 0) is 0 Å². The molecule has 2 nitrogen and oxygen atoms in total. The van der Waals surface area contributed by atoms with Crippen molar-refractivity contribution < 1.29 is 0 Å². The Bertz CT molecular complexity index is 477. The van der Waals surface area contributed by atoms with Crippen LogP contribution < -0.4 is 5.73 Å². The second kappa shape index (κ2) is 4.99. The highest BCUT2D eigenvalue weighted by molar-refractivity contribution is 8.01. The molecule has 0 saturated heterocycles. The molecule has 2 rings (SSSR count). The highest BCUT2D eigenvalue weighted by atomic mass is 32.2. The zero-order valence-corrected chi connectivity index (χ0v) is 10.9. The second-order valence-corrected chi connectivity index (χ2v) is 5.83. The third-order valence-electron chi connectivity index (χ3n) is 2.20. The molecular weight excluding hydrogens is 236 g/mol. The molecule has 0 aliphatic rings. The molecule has 84 valence electrons. The molecule has 0 amide bonds. The standard InChI is InChI=1S/C12H14N2S2/c1-8-7-15-12(14-8)16-11-6-4-3-5-10(11)9(2)13/h3-7,9H,13H2,1-2H3/t9-/m0/s1. The predicted octanol–water partition coefficient (Wildman–Crippen LogP) is 3.62. The lowest BCUT2D eigenvalue weighted by molar-refractivity contribution is 0.797. The van der Waals surface area contributed by atoms with E-state index in [4.69, 9.17) is 5.73 Å². The maximum absolute atomic E-state index is 5.94. The van der Waals surface area contributed by atoms with Crippen molar-refractivity contribution in [2.45, 2.75) is 29.1 Å². The molecule has 1 aromatic carbocycles. The lowest BCUT2D eigenvalue weighted by Crippen LogP contribution is -2.05. The minimum Gasteiger partial charge on any atom is -0.324 e. The molecule has 0 spiro atoms. The molecule has 0 fully saturated rings. The van der Waals surface area contributed by atoms with Gasteiger partial charge in [0.05, 0.1) is 0 Å². The Balaban J connectivity index is 2.27.